The van der Waals surface area contributed by atoms with Crippen molar-refractivity contribution in [3.63, 3.8) is 0 Å². The number of rotatable bonds is 5. The molecule has 1 heterocycles. The molecule has 2 N–H and O–H groups in total. The monoisotopic (exact) mass is 267 g/mol. The zero-order chi connectivity index (χ0) is 14.7. The topological polar surface area (TPSA) is 84.2 Å². The average molecular weight is 267 g/mol. The van der Waals surface area contributed by atoms with Gasteiger partial charge < -0.3 is 10.4 Å². The number of carboxylic acids is 1. The van der Waals surface area contributed by atoms with Crippen LogP contribution < -0.4 is 5.32 Å². The molecule has 6 heteroatoms. The second-order valence-corrected chi connectivity index (χ2v) is 5.27. The van der Waals surface area contributed by atoms with Gasteiger partial charge in [-0.05, 0) is 17.9 Å². The molecule has 1 atom stereocenters. The van der Waals surface area contributed by atoms with E-state index < -0.39 is 17.9 Å². The average Bonchev–Trinajstić information content (AvgIpc) is 2.67. The third kappa shape index (κ3) is 3.56. The number of aryl methyl sites for hydroxylation is 1. The first-order valence-electron chi connectivity index (χ1n) is 6.31. The van der Waals surface area contributed by atoms with Crippen molar-refractivity contribution in [2.45, 2.75) is 39.7 Å². The van der Waals surface area contributed by atoms with Crippen LogP contribution in [-0.2, 0) is 11.8 Å². The Bertz CT molecular complexity index is 477. The smallest absolute Gasteiger partial charge is 0.326 e. The molecule has 1 unspecified atom stereocenters. The predicted octanol–water partition coefficient (Wildman–Crippen LogP) is 1.38. The summed E-state index contributed by atoms with van der Waals surface area (Å²) in [6.45, 7) is 7.47. The molecule has 0 aliphatic carbocycles. The normalized spacial score (nSPS) is 12.8. The van der Waals surface area contributed by atoms with Crippen LogP contribution in [0.5, 0.6) is 0 Å². The molecule has 106 valence electrons. The quantitative estimate of drug-likeness (QED) is 0.844. The summed E-state index contributed by atoms with van der Waals surface area (Å²) in [6.07, 6.45) is 0. The molecule has 1 aromatic heterocycles. The first kappa shape index (κ1) is 15.2. The number of amides is 1. The van der Waals surface area contributed by atoms with E-state index in [0.717, 1.165) is 5.69 Å². The van der Waals surface area contributed by atoms with Crippen LogP contribution in [0.2, 0.25) is 0 Å². The second-order valence-electron chi connectivity index (χ2n) is 5.27. The van der Waals surface area contributed by atoms with E-state index in [2.05, 4.69) is 10.4 Å². The molecule has 0 saturated carbocycles. The molecule has 0 aliphatic heterocycles. The molecule has 0 saturated heterocycles. The minimum Gasteiger partial charge on any atom is -0.480 e. The number of carboxylic acid groups (broad SMARTS) is 1. The molecule has 0 radical (unpaired) electrons. The fraction of sp³-hybridized carbons (Fsp3) is 0.615. The molecule has 0 fully saturated rings. The fourth-order valence-electron chi connectivity index (χ4n) is 1.71. The van der Waals surface area contributed by atoms with Crippen molar-refractivity contribution in [3.8, 4) is 0 Å². The van der Waals surface area contributed by atoms with Gasteiger partial charge >= 0.3 is 5.97 Å². The van der Waals surface area contributed by atoms with E-state index in [0.29, 0.717) is 5.69 Å². The minimum atomic E-state index is -1.03. The van der Waals surface area contributed by atoms with E-state index in [1.165, 1.54) is 4.68 Å². The molecule has 0 spiro atoms. The van der Waals surface area contributed by atoms with Crippen LogP contribution in [-0.4, -0.2) is 32.8 Å². The van der Waals surface area contributed by atoms with Gasteiger partial charge in [0.2, 0.25) is 0 Å². The van der Waals surface area contributed by atoms with Crippen LogP contribution in [0.1, 0.15) is 49.8 Å². The van der Waals surface area contributed by atoms with Crippen LogP contribution in [0, 0.1) is 5.92 Å². The summed E-state index contributed by atoms with van der Waals surface area (Å²) < 4.78 is 1.48. The van der Waals surface area contributed by atoms with E-state index in [4.69, 9.17) is 5.11 Å². The molecule has 19 heavy (non-hydrogen) atoms. The van der Waals surface area contributed by atoms with Gasteiger partial charge in [-0.1, -0.05) is 27.7 Å². The maximum atomic E-state index is 12.1. The lowest BCUT2D eigenvalue weighted by molar-refractivity contribution is -0.140. The SMILES string of the molecule is CC(C)c1cc(C(=O)NC(C(=O)O)C(C)C)n(C)n1. The summed E-state index contributed by atoms with van der Waals surface area (Å²) in [4.78, 5) is 23.2. The van der Waals surface area contributed by atoms with Gasteiger partial charge in [0, 0.05) is 7.05 Å². The number of aromatic nitrogens is 2. The highest BCUT2D eigenvalue weighted by Gasteiger charge is 2.25. The molecule has 0 bridgehead atoms. The van der Waals surface area contributed by atoms with E-state index >= 15 is 0 Å². The lowest BCUT2D eigenvalue weighted by Crippen LogP contribution is -2.44. The van der Waals surface area contributed by atoms with Crippen LogP contribution in [0.25, 0.3) is 0 Å². The maximum Gasteiger partial charge on any atom is 0.326 e. The number of carbonyl (C=O) groups excluding carboxylic acids is 1. The van der Waals surface area contributed by atoms with Crippen LogP contribution in [0.15, 0.2) is 6.07 Å². The molecular weight excluding hydrogens is 246 g/mol. The predicted molar refractivity (Wildman–Crippen MR) is 71.0 cm³/mol. The van der Waals surface area contributed by atoms with Gasteiger partial charge in [-0.25, -0.2) is 4.79 Å². The second kappa shape index (κ2) is 5.86. The first-order valence-corrected chi connectivity index (χ1v) is 6.31. The maximum absolute atomic E-state index is 12.1. The summed E-state index contributed by atoms with van der Waals surface area (Å²) in [7, 11) is 1.67. The molecule has 1 rings (SSSR count). The Hall–Kier alpha value is -1.85. The third-order valence-corrected chi connectivity index (χ3v) is 2.94. The van der Waals surface area contributed by atoms with Crippen molar-refractivity contribution in [1.29, 1.82) is 0 Å². The van der Waals surface area contributed by atoms with Gasteiger partial charge in [-0.2, -0.15) is 5.10 Å². The zero-order valence-corrected chi connectivity index (χ0v) is 12.0. The lowest BCUT2D eigenvalue weighted by Gasteiger charge is -2.17. The lowest BCUT2D eigenvalue weighted by atomic mass is 10.0. The van der Waals surface area contributed by atoms with Crippen molar-refractivity contribution in [2.75, 3.05) is 0 Å². The van der Waals surface area contributed by atoms with Crippen molar-refractivity contribution >= 4 is 11.9 Å². The largest absolute Gasteiger partial charge is 0.480 e. The van der Waals surface area contributed by atoms with Crippen LogP contribution >= 0.6 is 0 Å². The summed E-state index contributed by atoms with van der Waals surface area (Å²) >= 11 is 0. The Balaban J connectivity index is 2.91. The number of hydrogen-bond donors (Lipinski definition) is 2. The fourth-order valence-corrected chi connectivity index (χ4v) is 1.71. The van der Waals surface area contributed by atoms with Gasteiger partial charge in [-0.3, -0.25) is 9.48 Å². The van der Waals surface area contributed by atoms with Crippen molar-refractivity contribution in [1.82, 2.24) is 15.1 Å². The summed E-state index contributed by atoms with van der Waals surface area (Å²) in [5.41, 5.74) is 1.18. The van der Waals surface area contributed by atoms with Gasteiger partial charge in [-0.15, -0.1) is 0 Å². The zero-order valence-electron chi connectivity index (χ0n) is 12.0. The third-order valence-electron chi connectivity index (χ3n) is 2.94. The van der Waals surface area contributed by atoms with Crippen LogP contribution in [0.3, 0.4) is 0 Å². The Morgan fingerprint density at radius 2 is 1.89 bits per heavy atom. The van der Waals surface area contributed by atoms with Gasteiger partial charge in [0.05, 0.1) is 5.69 Å². The van der Waals surface area contributed by atoms with Crippen LogP contribution in [0.4, 0.5) is 0 Å². The molecular formula is C13H21N3O3. The Morgan fingerprint density at radius 3 is 2.26 bits per heavy atom. The summed E-state index contributed by atoms with van der Waals surface area (Å²) in [5.74, 6) is -1.41. The number of nitrogens with one attached hydrogen (secondary N) is 1. The standard InChI is InChI=1S/C13H21N3O3/c1-7(2)9-6-10(16(5)15-9)12(17)14-11(8(3)4)13(18)19/h6-8,11H,1-5H3,(H,14,17)(H,18,19). The number of carbonyl (C=O) groups is 2. The molecule has 6 nitrogen and oxygen atoms in total. The van der Waals surface area contributed by atoms with Crippen molar-refractivity contribution in [2.24, 2.45) is 13.0 Å². The van der Waals surface area contributed by atoms with Gasteiger partial charge in [0.1, 0.15) is 11.7 Å². The Kier molecular flexibility index (Phi) is 4.69. The molecule has 1 amide bonds. The minimum absolute atomic E-state index is 0.181. The van der Waals surface area contributed by atoms with Crippen molar-refractivity contribution < 1.29 is 14.7 Å². The number of hydrogen-bond acceptors (Lipinski definition) is 3. The summed E-state index contributed by atoms with van der Waals surface area (Å²) in [5, 5.41) is 15.8. The Morgan fingerprint density at radius 1 is 1.32 bits per heavy atom. The highest BCUT2D eigenvalue weighted by atomic mass is 16.4. The molecule has 1 aromatic rings. The number of nitrogens with zero attached hydrogens (tertiary/aromatic N) is 2. The summed E-state index contributed by atoms with van der Waals surface area (Å²) in [6, 6.07) is 0.795. The first-order chi connectivity index (χ1) is 8.73. The van der Waals surface area contributed by atoms with Crippen molar-refractivity contribution in [3.05, 3.63) is 17.5 Å². The van der Waals surface area contributed by atoms with E-state index in [9.17, 15) is 9.59 Å². The molecule has 0 aliphatic rings. The van der Waals surface area contributed by atoms with Gasteiger partial charge in [0.25, 0.3) is 5.91 Å². The Labute approximate surface area is 112 Å². The van der Waals surface area contributed by atoms with E-state index in [1.807, 2.05) is 13.8 Å². The van der Waals surface area contributed by atoms with E-state index in [1.54, 1.807) is 27.0 Å². The van der Waals surface area contributed by atoms with Gasteiger partial charge in [0.15, 0.2) is 0 Å². The highest BCUT2D eigenvalue weighted by molar-refractivity contribution is 5.95. The number of aliphatic carboxylic acids is 1. The highest BCUT2D eigenvalue weighted by Crippen LogP contribution is 2.14. The van der Waals surface area contributed by atoms with E-state index in [-0.39, 0.29) is 11.8 Å². The molecule has 0 aromatic carbocycles.